The van der Waals surface area contributed by atoms with Crippen molar-refractivity contribution in [2.24, 2.45) is 5.92 Å². The van der Waals surface area contributed by atoms with E-state index in [0.29, 0.717) is 34.5 Å². The molecule has 0 radical (unpaired) electrons. The minimum atomic E-state index is -3.55. The predicted octanol–water partition coefficient (Wildman–Crippen LogP) is 4.28. The maximum atomic E-state index is 12.8. The zero-order valence-electron chi connectivity index (χ0n) is 14.0. The number of carbonyl (C=O) groups is 1. The fourth-order valence-electron chi connectivity index (χ4n) is 2.99. The summed E-state index contributed by atoms with van der Waals surface area (Å²) in [5, 5.41) is 0. The Morgan fingerprint density at radius 1 is 1.35 bits per heavy atom. The number of rotatable bonds is 5. The standard InChI is InChI=1S/C16H18BrClN2O3S3/c1-19(10-12-4-6-14(18)24-12)16(21)11-3-2-8-20(9-11)26(22,23)15-7-5-13(17)25-15/h4-7,11H,2-3,8-10H2,1H3. The van der Waals surface area contributed by atoms with Crippen molar-refractivity contribution >= 4 is 66.1 Å². The minimum absolute atomic E-state index is 0.0261. The molecular weight excluding hydrogens is 480 g/mol. The molecule has 142 valence electrons. The van der Waals surface area contributed by atoms with Gasteiger partial charge in [-0.2, -0.15) is 4.31 Å². The molecule has 1 aliphatic heterocycles. The van der Waals surface area contributed by atoms with Gasteiger partial charge in [-0.05, 0) is 53.0 Å². The Bertz CT molecular complexity index is 896. The molecule has 1 fully saturated rings. The quantitative estimate of drug-likeness (QED) is 0.619. The number of nitrogens with zero attached hydrogens (tertiary/aromatic N) is 2. The Kier molecular flexibility index (Phi) is 6.46. The lowest BCUT2D eigenvalue weighted by Crippen LogP contribution is -2.45. The van der Waals surface area contributed by atoms with E-state index >= 15 is 0 Å². The number of hydrogen-bond donors (Lipinski definition) is 0. The van der Waals surface area contributed by atoms with Crippen LogP contribution in [0.5, 0.6) is 0 Å². The molecule has 0 spiro atoms. The summed E-state index contributed by atoms with van der Waals surface area (Å²) in [7, 11) is -1.80. The van der Waals surface area contributed by atoms with Crippen molar-refractivity contribution < 1.29 is 13.2 Å². The van der Waals surface area contributed by atoms with Crippen molar-refractivity contribution in [2.45, 2.75) is 23.6 Å². The fourth-order valence-corrected chi connectivity index (χ4v) is 7.82. The Hall–Kier alpha value is -0.450. The van der Waals surface area contributed by atoms with Gasteiger partial charge in [0.25, 0.3) is 10.0 Å². The average Bonchev–Trinajstić information content (AvgIpc) is 3.23. The van der Waals surface area contributed by atoms with Crippen LogP contribution in [0.25, 0.3) is 0 Å². The topological polar surface area (TPSA) is 57.7 Å². The van der Waals surface area contributed by atoms with E-state index in [0.717, 1.165) is 8.66 Å². The molecular formula is C16H18BrClN2O3S3. The highest BCUT2D eigenvalue weighted by atomic mass is 79.9. The summed E-state index contributed by atoms with van der Waals surface area (Å²) in [6.45, 7) is 1.16. The lowest BCUT2D eigenvalue weighted by atomic mass is 9.98. The molecule has 5 nitrogen and oxygen atoms in total. The molecule has 3 heterocycles. The monoisotopic (exact) mass is 496 g/mol. The molecule has 1 amide bonds. The van der Waals surface area contributed by atoms with E-state index in [4.69, 9.17) is 11.6 Å². The van der Waals surface area contributed by atoms with Crippen LogP contribution in [0.1, 0.15) is 17.7 Å². The summed E-state index contributed by atoms with van der Waals surface area (Å²) in [5.41, 5.74) is 0. The molecule has 2 aromatic heterocycles. The first-order chi connectivity index (χ1) is 12.3. The van der Waals surface area contributed by atoms with Gasteiger partial charge >= 0.3 is 0 Å². The van der Waals surface area contributed by atoms with Crippen LogP contribution in [0, 0.1) is 5.92 Å². The largest absolute Gasteiger partial charge is 0.340 e. The van der Waals surface area contributed by atoms with Crippen LogP contribution in [0.3, 0.4) is 0 Å². The summed E-state index contributed by atoms with van der Waals surface area (Å²) in [4.78, 5) is 15.5. The molecule has 0 N–H and O–H groups in total. The molecule has 0 aromatic carbocycles. The minimum Gasteiger partial charge on any atom is -0.340 e. The maximum absolute atomic E-state index is 12.8. The van der Waals surface area contributed by atoms with Crippen LogP contribution >= 0.6 is 50.2 Å². The molecule has 1 unspecified atom stereocenters. The van der Waals surface area contributed by atoms with E-state index < -0.39 is 10.0 Å². The van der Waals surface area contributed by atoms with Gasteiger partial charge in [0.2, 0.25) is 5.91 Å². The van der Waals surface area contributed by atoms with Gasteiger partial charge in [-0.15, -0.1) is 22.7 Å². The summed E-state index contributed by atoms with van der Waals surface area (Å²) < 4.78 is 28.8. The number of sulfonamides is 1. The van der Waals surface area contributed by atoms with Crippen LogP contribution in [0.4, 0.5) is 0 Å². The van der Waals surface area contributed by atoms with Crippen LogP contribution in [0.2, 0.25) is 4.34 Å². The number of halogens is 2. The highest BCUT2D eigenvalue weighted by Gasteiger charge is 2.35. The number of thiophene rings is 2. The second-order valence-electron chi connectivity index (χ2n) is 6.16. The Morgan fingerprint density at radius 3 is 2.73 bits per heavy atom. The Morgan fingerprint density at radius 2 is 2.12 bits per heavy atom. The van der Waals surface area contributed by atoms with E-state index in [-0.39, 0.29) is 18.4 Å². The third kappa shape index (κ3) is 4.51. The Balaban J connectivity index is 1.68. The van der Waals surface area contributed by atoms with Crippen molar-refractivity contribution in [2.75, 3.05) is 20.1 Å². The second kappa shape index (κ2) is 8.28. The third-order valence-electron chi connectivity index (χ3n) is 4.27. The predicted molar refractivity (Wildman–Crippen MR) is 109 cm³/mol. The highest BCUT2D eigenvalue weighted by Crippen LogP contribution is 2.31. The lowest BCUT2D eigenvalue weighted by molar-refractivity contribution is -0.135. The van der Waals surface area contributed by atoms with E-state index in [2.05, 4.69) is 15.9 Å². The first kappa shape index (κ1) is 20.3. The summed E-state index contributed by atoms with van der Waals surface area (Å²) in [5.74, 6) is -0.343. The van der Waals surface area contributed by atoms with Crippen molar-refractivity contribution in [3.63, 3.8) is 0 Å². The fraction of sp³-hybridized carbons (Fsp3) is 0.438. The molecule has 2 aromatic rings. The molecule has 10 heteroatoms. The van der Waals surface area contributed by atoms with Crippen LogP contribution in [-0.2, 0) is 21.4 Å². The first-order valence-electron chi connectivity index (χ1n) is 8.02. The molecule has 1 aliphatic rings. The van der Waals surface area contributed by atoms with Crippen LogP contribution in [-0.4, -0.2) is 43.7 Å². The first-order valence-corrected chi connectivity index (χ1v) is 12.3. The van der Waals surface area contributed by atoms with Crippen molar-refractivity contribution in [3.8, 4) is 0 Å². The number of amides is 1. The Labute approximate surface area is 174 Å². The second-order valence-corrected chi connectivity index (χ2v) is 12.6. The molecule has 0 aliphatic carbocycles. The lowest BCUT2D eigenvalue weighted by Gasteiger charge is -2.32. The zero-order valence-corrected chi connectivity index (χ0v) is 18.8. The molecule has 3 rings (SSSR count). The number of piperidine rings is 1. The van der Waals surface area contributed by atoms with Crippen molar-refractivity contribution in [1.82, 2.24) is 9.21 Å². The highest BCUT2D eigenvalue weighted by molar-refractivity contribution is 9.11. The summed E-state index contributed by atoms with van der Waals surface area (Å²) in [6, 6.07) is 7.04. The molecule has 1 saturated heterocycles. The van der Waals surface area contributed by atoms with Gasteiger partial charge < -0.3 is 4.90 Å². The number of hydrogen-bond acceptors (Lipinski definition) is 5. The van der Waals surface area contributed by atoms with Gasteiger partial charge in [0.15, 0.2) is 0 Å². The van der Waals surface area contributed by atoms with E-state index in [1.54, 1.807) is 24.1 Å². The SMILES string of the molecule is CN(Cc1ccc(Cl)s1)C(=O)C1CCCN(S(=O)(=O)c2ccc(Br)s2)C1. The third-order valence-corrected chi connectivity index (χ3v) is 9.45. The van der Waals surface area contributed by atoms with Gasteiger partial charge in [0, 0.05) is 25.0 Å². The molecule has 1 atom stereocenters. The van der Waals surface area contributed by atoms with Gasteiger partial charge in [-0.25, -0.2) is 8.42 Å². The summed E-state index contributed by atoms with van der Waals surface area (Å²) in [6.07, 6.45) is 1.38. The smallest absolute Gasteiger partial charge is 0.252 e. The molecule has 0 saturated carbocycles. The van der Waals surface area contributed by atoms with Gasteiger partial charge in [-0.1, -0.05) is 11.6 Å². The van der Waals surface area contributed by atoms with Crippen LogP contribution in [0.15, 0.2) is 32.3 Å². The van der Waals surface area contributed by atoms with Gasteiger partial charge in [0.05, 0.1) is 20.6 Å². The van der Waals surface area contributed by atoms with E-state index in [1.165, 1.54) is 27.0 Å². The average molecular weight is 498 g/mol. The normalized spacial score (nSPS) is 18.8. The van der Waals surface area contributed by atoms with Gasteiger partial charge in [-0.3, -0.25) is 4.79 Å². The maximum Gasteiger partial charge on any atom is 0.252 e. The number of carbonyl (C=O) groups excluding carboxylic acids is 1. The zero-order chi connectivity index (χ0) is 18.9. The van der Waals surface area contributed by atoms with Crippen LogP contribution < -0.4 is 0 Å². The molecule has 26 heavy (non-hydrogen) atoms. The van der Waals surface area contributed by atoms with Gasteiger partial charge in [0.1, 0.15) is 4.21 Å². The van der Waals surface area contributed by atoms with E-state index in [9.17, 15) is 13.2 Å². The van der Waals surface area contributed by atoms with E-state index in [1.807, 2.05) is 12.1 Å². The molecule has 0 bridgehead atoms. The van der Waals surface area contributed by atoms with Crippen molar-refractivity contribution in [1.29, 1.82) is 0 Å². The van der Waals surface area contributed by atoms with Crippen molar-refractivity contribution in [3.05, 3.63) is 37.3 Å². The summed E-state index contributed by atoms with van der Waals surface area (Å²) >= 11 is 11.9.